The zero-order valence-electron chi connectivity index (χ0n) is 9.74. The van der Waals surface area contributed by atoms with Gasteiger partial charge in [-0.3, -0.25) is 0 Å². The van der Waals surface area contributed by atoms with Gasteiger partial charge < -0.3 is 15.7 Å². The number of nitriles is 1. The molecule has 1 aliphatic rings. The summed E-state index contributed by atoms with van der Waals surface area (Å²) < 4.78 is 0. The number of piperidine rings is 1. The van der Waals surface area contributed by atoms with Crippen LogP contribution < -0.4 is 10.6 Å². The van der Waals surface area contributed by atoms with E-state index < -0.39 is 5.60 Å². The quantitative estimate of drug-likeness (QED) is 0.728. The average Bonchev–Trinajstić information content (AvgIpc) is 2.38. The van der Waals surface area contributed by atoms with Gasteiger partial charge in [-0.15, -0.1) is 0 Å². The van der Waals surface area contributed by atoms with E-state index in [2.05, 4.69) is 16.7 Å². The molecule has 0 radical (unpaired) electrons. The van der Waals surface area contributed by atoms with Crippen LogP contribution in [0, 0.1) is 11.3 Å². The molecule has 1 heterocycles. The van der Waals surface area contributed by atoms with Gasteiger partial charge in [0.1, 0.15) is 0 Å². The average molecular weight is 231 g/mol. The molecule has 17 heavy (non-hydrogen) atoms. The molecule has 0 unspecified atom stereocenters. The molecule has 0 saturated carbocycles. The van der Waals surface area contributed by atoms with Crippen molar-refractivity contribution in [1.82, 2.24) is 5.32 Å². The Morgan fingerprint density at radius 1 is 1.29 bits per heavy atom. The highest BCUT2D eigenvalue weighted by Crippen LogP contribution is 2.19. The Kier molecular flexibility index (Phi) is 3.62. The first-order valence-corrected chi connectivity index (χ1v) is 5.89. The number of benzene rings is 1. The summed E-state index contributed by atoms with van der Waals surface area (Å²) in [4.78, 5) is 0. The number of hydrogen-bond donors (Lipinski definition) is 3. The van der Waals surface area contributed by atoms with Crippen molar-refractivity contribution in [3.8, 4) is 6.07 Å². The third-order valence-corrected chi connectivity index (χ3v) is 3.17. The van der Waals surface area contributed by atoms with Gasteiger partial charge in [-0.25, -0.2) is 0 Å². The van der Waals surface area contributed by atoms with Crippen LogP contribution in [0.15, 0.2) is 24.3 Å². The Hall–Kier alpha value is -1.57. The Balaban J connectivity index is 1.90. The van der Waals surface area contributed by atoms with Gasteiger partial charge in [0.25, 0.3) is 0 Å². The molecular weight excluding hydrogens is 214 g/mol. The van der Waals surface area contributed by atoms with Gasteiger partial charge in [-0.05, 0) is 50.2 Å². The fourth-order valence-corrected chi connectivity index (χ4v) is 2.00. The number of aliphatic hydroxyl groups is 1. The monoisotopic (exact) mass is 231 g/mol. The Labute approximate surface area is 101 Å². The van der Waals surface area contributed by atoms with Gasteiger partial charge >= 0.3 is 0 Å². The fourth-order valence-electron chi connectivity index (χ4n) is 2.00. The fraction of sp³-hybridized carbons (Fsp3) is 0.462. The third-order valence-electron chi connectivity index (χ3n) is 3.17. The van der Waals surface area contributed by atoms with E-state index in [1.807, 2.05) is 12.1 Å². The lowest BCUT2D eigenvalue weighted by atomic mass is 9.92. The molecule has 0 bridgehead atoms. The van der Waals surface area contributed by atoms with E-state index in [0.29, 0.717) is 12.1 Å². The number of hydrogen-bond acceptors (Lipinski definition) is 4. The molecule has 0 aliphatic carbocycles. The van der Waals surface area contributed by atoms with Crippen LogP contribution in [0.3, 0.4) is 0 Å². The van der Waals surface area contributed by atoms with E-state index in [9.17, 15) is 5.11 Å². The van der Waals surface area contributed by atoms with Crippen molar-refractivity contribution in [3.05, 3.63) is 29.8 Å². The van der Waals surface area contributed by atoms with Crippen molar-refractivity contribution >= 4 is 5.69 Å². The maximum atomic E-state index is 10.3. The van der Waals surface area contributed by atoms with Gasteiger partial charge in [-0.2, -0.15) is 5.26 Å². The summed E-state index contributed by atoms with van der Waals surface area (Å²) in [6, 6.07) is 9.36. The van der Waals surface area contributed by atoms with E-state index in [-0.39, 0.29) is 0 Å². The Morgan fingerprint density at radius 2 is 1.94 bits per heavy atom. The predicted molar refractivity (Wildman–Crippen MR) is 66.7 cm³/mol. The van der Waals surface area contributed by atoms with Gasteiger partial charge in [-0.1, -0.05) is 0 Å². The molecule has 0 aromatic heterocycles. The molecule has 2 rings (SSSR count). The lowest BCUT2D eigenvalue weighted by Crippen LogP contribution is -2.46. The minimum absolute atomic E-state index is 0.556. The zero-order chi connectivity index (χ0) is 12.1. The SMILES string of the molecule is N#Cc1ccc(NCC2(O)CCNCC2)cc1. The molecule has 0 amide bonds. The number of nitrogens with one attached hydrogen (secondary N) is 2. The van der Waals surface area contributed by atoms with Crippen molar-refractivity contribution in [3.63, 3.8) is 0 Å². The smallest absolute Gasteiger partial charge is 0.0991 e. The van der Waals surface area contributed by atoms with Gasteiger partial charge in [0.15, 0.2) is 0 Å². The molecule has 0 atom stereocenters. The highest BCUT2D eigenvalue weighted by atomic mass is 16.3. The highest BCUT2D eigenvalue weighted by molar-refractivity contribution is 5.47. The van der Waals surface area contributed by atoms with Gasteiger partial charge in [0, 0.05) is 12.2 Å². The second-order valence-electron chi connectivity index (χ2n) is 4.52. The van der Waals surface area contributed by atoms with Crippen LogP contribution in [-0.2, 0) is 0 Å². The van der Waals surface area contributed by atoms with Crippen LogP contribution in [0.25, 0.3) is 0 Å². The normalized spacial score (nSPS) is 18.4. The Morgan fingerprint density at radius 3 is 2.53 bits per heavy atom. The molecule has 1 aliphatic heterocycles. The standard InChI is InChI=1S/C13H17N3O/c14-9-11-1-3-12(4-2-11)16-10-13(17)5-7-15-8-6-13/h1-4,15-17H,5-8,10H2. The zero-order valence-corrected chi connectivity index (χ0v) is 9.74. The molecule has 4 nitrogen and oxygen atoms in total. The van der Waals surface area contributed by atoms with Gasteiger partial charge in [0.2, 0.25) is 0 Å². The maximum absolute atomic E-state index is 10.3. The molecule has 90 valence electrons. The maximum Gasteiger partial charge on any atom is 0.0991 e. The summed E-state index contributed by atoms with van der Waals surface area (Å²) in [5.41, 5.74) is 0.978. The number of anilines is 1. The molecule has 3 N–H and O–H groups in total. The summed E-state index contributed by atoms with van der Waals surface area (Å²) >= 11 is 0. The molecule has 4 heteroatoms. The third kappa shape index (κ3) is 3.19. The van der Waals surface area contributed by atoms with Crippen molar-refractivity contribution in [2.75, 3.05) is 25.0 Å². The first kappa shape index (κ1) is 11.9. The van der Waals surface area contributed by atoms with E-state index in [0.717, 1.165) is 31.6 Å². The van der Waals surface area contributed by atoms with Crippen molar-refractivity contribution in [2.45, 2.75) is 18.4 Å². The summed E-state index contributed by atoms with van der Waals surface area (Å²) in [6.45, 7) is 2.29. The molecule has 1 saturated heterocycles. The van der Waals surface area contributed by atoms with Crippen molar-refractivity contribution in [1.29, 1.82) is 5.26 Å². The van der Waals surface area contributed by atoms with Crippen LogP contribution in [0.2, 0.25) is 0 Å². The predicted octanol–water partition coefficient (Wildman–Crippen LogP) is 1.08. The van der Waals surface area contributed by atoms with Gasteiger partial charge in [0.05, 0.1) is 17.2 Å². The topological polar surface area (TPSA) is 68.1 Å². The van der Waals surface area contributed by atoms with E-state index in [1.54, 1.807) is 12.1 Å². The highest BCUT2D eigenvalue weighted by Gasteiger charge is 2.28. The number of nitrogens with zero attached hydrogens (tertiary/aromatic N) is 1. The Bertz CT molecular complexity index is 402. The minimum Gasteiger partial charge on any atom is -0.388 e. The summed E-state index contributed by atoms with van der Waals surface area (Å²) in [6.07, 6.45) is 1.55. The van der Waals surface area contributed by atoms with Crippen LogP contribution >= 0.6 is 0 Å². The second-order valence-corrected chi connectivity index (χ2v) is 4.52. The van der Waals surface area contributed by atoms with Crippen molar-refractivity contribution < 1.29 is 5.11 Å². The summed E-state index contributed by atoms with van der Waals surface area (Å²) in [7, 11) is 0. The first-order valence-electron chi connectivity index (χ1n) is 5.89. The van der Waals surface area contributed by atoms with E-state index in [4.69, 9.17) is 5.26 Å². The van der Waals surface area contributed by atoms with E-state index in [1.165, 1.54) is 0 Å². The van der Waals surface area contributed by atoms with E-state index >= 15 is 0 Å². The van der Waals surface area contributed by atoms with Crippen LogP contribution in [0.1, 0.15) is 18.4 Å². The molecule has 0 spiro atoms. The largest absolute Gasteiger partial charge is 0.388 e. The molecule has 1 aromatic carbocycles. The lowest BCUT2D eigenvalue weighted by molar-refractivity contribution is 0.0232. The van der Waals surface area contributed by atoms with Crippen LogP contribution in [-0.4, -0.2) is 30.3 Å². The first-order chi connectivity index (χ1) is 8.22. The van der Waals surface area contributed by atoms with Crippen molar-refractivity contribution in [2.24, 2.45) is 0 Å². The lowest BCUT2D eigenvalue weighted by Gasteiger charge is -2.33. The number of rotatable bonds is 3. The second kappa shape index (κ2) is 5.17. The molecule has 1 aromatic rings. The van der Waals surface area contributed by atoms with Crippen LogP contribution in [0.4, 0.5) is 5.69 Å². The summed E-state index contributed by atoms with van der Waals surface area (Å²) in [5, 5.41) is 25.4. The van der Waals surface area contributed by atoms with Crippen LogP contribution in [0.5, 0.6) is 0 Å². The summed E-state index contributed by atoms with van der Waals surface area (Å²) in [5.74, 6) is 0. The molecular formula is C13H17N3O. The molecule has 1 fully saturated rings. The minimum atomic E-state index is -0.612.